The van der Waals surface area contributed by atoms with E-state index in [2.05, 4.69) is 42.1 Å². The van der Waals surface area contributed by atoms with Gasteiger partial charge in [0, 0.05) is 15.1 Å². The molecule has 8 nitrogen and oxygen atoms in total. The molecule has 0 aliphatic heterocycles. The highest BCUT2D eigenvalue weighted by molar-refractivity contribution is 9.10. The summed E-state index contributed by atoms with van der Waals surface area (Å²) in [7, 11) is 0. The average Bonchev–Trinajstić information content (AvgIpc) is 3.23. The van der Waals surface area contributed by atoms with Crippen LogP contribution in [0.1, 0.15) is 34.7 Å². The molecule has 1 aromatic heterocycles. The van der Waals surface area contributed by atoms with Gasteiger partial charge in [0.25, 0.3) is 0 Å². The van der Waals surface area contributed by atoms with Crippen LogP contribution in [0.25, 0.3) is 5.69 Å². The largest absolute Gasteiger partial charge is 0.490 e. The molecule has 0 saturated carbocycles. The molecule has 0 fully saturated rings. The van der Waals surface area contributed by atoms with Crippen LogP contribution in [0.4, 0.5) is 0 Å². The van der Waals surface area contributed by atoms with Crippen molar-refractivity contribution in [3.8, 4) is 17.2 Å². The van der Waals surface area contributed by atoms with Gasteiger partial charge >= 0.3 is 0 Å². The molecule has 0 unspecified atom stereocenters. The zero-order valence-corrected chi connectivity index (χ0v) is 25.0. The molecule has 1 heterocycles. The lowest BCUT2D eigenvalue weighted by molar-refractivity contribution is -0.479. The standard InChI is InChI=1S/C27H26Br2N4O4S/c1-4-36-24-14-20(13-23(29)26(24)37-16-19-8-10-21(28)11-9-19)25(15-32(34)35)38-27-31-30-18(3)33(27)22-7-5-6-17(2)12-22/h5-14,25H,4,15-16H2,1-3H3/t25-/m1/s1. The molecule has 38 heavy (non-hydrogen) atoms. The molecule has 1 atom stereocenters. The first-order chi connectivity index (χ1) is 18.2. The van der Waals surface area contributed by atoms with E-state index in [0.29, 0.717) is 40.2 Å². The van der Waals surface area contributed by atoms with Crippen LogP contribution in [-0.4, -0.2) is 32.8 Å². The molecule has 11 heteroatoms. The van der Waals surface area contributed by atoms with Crippen LogP contribution in [0.15, 0.2) is 74.8 Å². The first kappa shape index (κ1) is 28.1. The number of halogens is 2. The summed E-state index contributed by atoms with van der Waals surface area (Å²) in [4.78, 5) is 11.4. The normalized spacial score (nSPS) is 11.8. The predicted octanol–water partition coefficient (Wildman–Crippen LogP) is 7.50. The number of rotatable bonds is 11. The number of nitro groups is 1. The third-order valence-corrected chi connectivity index (χ3v) is 7.92. The summed E-state index contributed by atoms with van der Waals surface area (Å²) in [5.74, 6) is 1.76. The van der Waals surface area contributed by atoms with Gasteiger partial charge in [-0.1, -0.05) is 52.0 Å². The van der Waals surface area contributed by atoms with Crippen molar-refractivity contribution in [3.05, 3.63) is 102 Å². The highest BCUT2D eigenvalue weighted by atomic mass is 79.9. The second-order valence-corrected chi connectivity index (χ2v) is 11.4. The highest BCUT2D eigenvalue weighted by Gasteiger charge is 2.26. The lowest BCUT2D eigenvalue weighted by Crippen LogP contribution is -2.12. The number of nitrogens with zero attached hydrogens (tertiary/aromatic N) is 4. The van der Waals surface area contributed by atoms with Crippen molar-refractivity contribution in [1.29, 1.82) is 0 Å². The van der Waals surface area contributed by atoms with Crippen molar-refractivity contribution >= 4 is 43.6 Å². The molecule has 0 N–H and O–H groups in total. The summed E-state index contributed by atoms with van der Waals surface area (Å²) in [5, 5.41) is 20.3. The molecule has 0 saturated heterocycles. The fraction of sp³-hybridized carbons (Fsp3) is 0.259. The second-order valence-electron chi connectivity index (χ2n) is 8.50. The molecule has 4 aromatic rings. The van der Waals surface area contributed by atoms with Crippen LogP contribution in [0.5, 0.6) is 11.5 Å². The van der Waals surface area contributed by atoms with Gasteiger partial charge in [0.2, 0.25) is 6.54 Å². The summed E-state index contributed by atoms with van der Waals surface area (Å²) in [5.41, 5.74) is 3.72. The summed E-state index contributed by atoms with van der Waals surface area (Å²) in [6.45, 7) is 6.22. The van der Waals surface area contributed by atoms with Crippen molar-refractivity contribution in [2.45, 2.75) is 37.8 Å². The van der Waals surface area contributed by atoms with Gasteiger partial charge in [-0.15, -0.1) is 10.2 Å². The highest BCUT2D eigenvalue weighted by Crippen LogP contribution is 2.43. The first-order valence-electron chi connectivity index (χ1n) is 11.9. The minimum absolute atomic E-state index is 0.304. The number of benzene rings is 3. The number of thioether (sulfide) groups is 1. The second kappa shape index (κ2) is 12.8. The molecule has 0 aliphatic rings. The number of hydrogen-bond donors (Lipinski definition) is 0. The third kappa shape index (κ3) is 6.95. The lowest BCUT2D eigenvalue weighted by Gasteiger charge is -2.19. The minimum atomic E-state index is -0.548. The maximum Gasteiger partial charge on any atom is 0.220 e. The zero-order chi connectivity index (χ0) is 27.2. The Morgan fingerprint density at radius 1 is 1.05 bits per heavy atom. The summed E-state index contributed by atoms with van der Waals surface area (Å²) < 4.78 is 15.6. The molecule has 4 rings (SSSR count). The first-order valence-corrected chi connectivity index (χ1v) is 14.3. The Kier molecular flexibility index (Phi) is 9.45. The Hall–Kier alpha value is -2.89. The van der Waals surface area contributed by atoms with Crippen LogP contribution >= 0.6 is 43.6 Å². The molecular formula is C27H26Br2N4O4S. The maximum absolute atomic E-state index is 11.7. The maximum atomic E-state index is 11.7. The van der Waals surface area contributed by atoms with Crippen LogP contribution < -0.4 is 9.47 Å². The zero-order valence-electron chi connectivity index (χ0n) is 21.1. The Balaban J connectivity index is 1.67. The van der Waals surface area contributed by atoms with E-state index >= 15 is 0 Å². The van der Waals surface area contributed by atoms with Crippen LogP contribution in [0.3, 0.4) is 0 Å². The predicted molar refractivity (Wildman–Crippen MR) is 155 cm³/mol. The monoisotopic (exact) mass is 660 g/mol. The number of hydrogen-bond acceptors (Lipinski definition) is 7. The third-order valence-electron chi connectivity index (χ3n) is 5.62. The Morgan fingerprint density at radius 3 is 2.50 bits per heavy atom. The van der Waals surface area contributed by atoms with E-state index in [1.165, 1.54) is 11.8 Å². The van der Waals surface area contributed by atoms with E-state index in [4.69, 9.17) is 9.47 Å². The van der Waals surface area contributed by atoms with Crippen LogP contribution in [0.2, 0.25) is 0 Å². The number of ether oxygens (including phenoxy) is 2. The Bertz CT molecular complexity index is 1430. The average molecular weight is 662 g/mol. The molecule has 0 radical (unpaired) electrons. The van der Waals surface area contributed by atoms with Gasteiger partial charge in [0.1, 0.15) is 17.7 Å². The van der Waals surface area contributed by atoms with Crippen LogP contribution in [0, 0.1) is 24.0 Å². The molecule has 0 spiro atoms. The van der Waals surface area contributed by atoms with E-state index in [1.807, 2.05) is 86.0 Å². The van der Waals surface area contributed by atoms with Gasteiger partial charge in [-0.25, -0.2) is 0 Å². The summed E-state index contributed by atoms with van der Waals surface area (Å²) in [6.07, 6.45) is 0. The number of aryl methyl sites for hydroxylation is 2. The van der Waals surface area contributed by atoms with Gasteiger partial charge in [-0.3, -0.25) is 14.7 Å². The molecule has 0 bridgehead atoms. The van der Waals surface area contributed by atoms with E-state index in [9.17, 15) is 10.1 Å². The van der Waals surface area contributed by atoms with E-state index < -0.39 is 5.25 Å². The van der Waals surface area contributed by atoms with Crippen molar-refractivity contribution < 1.29 is 14.4 Å². The molecule has 0 amide bonds. The van der Waals surface area contributed by atoms with Crippen LogP contribution in [-0.2, 0) is 6.61 Å². The lowest BCUT2D eigenvalue weighted by atomic mass is 10.1. The fourth-order valence-corrected chi connectivity index (χ4v) is 5.86. The van der Waals surface area contributed by atoms with Crippen molar-refractivity contribution in [3.63, 3.8) is 0 Å². The van der Waals surface area contributed by atoms with Crippen molar-refractivity contribution in [1.82, 2.24) is 14.8 Å². The topological polar surface area (TPSA) is 92.3 Å². The Morgan fingerprint density at radius 2 is 1.82 bits per heavy atom. The van der Waals surface area contributed by atoms with Gasteiger partial charge in [0.15, 0.2) is 16.7 Å². The molecule has 3 aromatic carbocycles. The SMILES string of the molecule is CCOc1cc([C@@H](C[N+](=O)[O-])Sc2nnc(C)n2-c2cccc(C)c2)cc(Br)c1OCc1ccc(Br)cc1. The molecular weight excluding hydrogens is 636 g/mol. The molecule has 0 aliphatic carbocycles. The number of aromatic nitrogens is 3. The molecule has 198 valence electrons. The summed E-state index contributed by atoms with van der Waals surface area (Å²) in [6, 6.07) is 19.5. The van der Waals surface area contributed by atoms with E-state index in [1.54, 1.807) is 0 Å². The minimum Gasteiger partial charge on any atom is -0.490 e. The Labute approximate surface area is 242 Å². The van der Waals surface area contributed by atoms with Gasteiger partial charge in [0.05, 0.1) is 11.1 Å². The van der Waals surface area contributed by atoms with Crippen molar-refractivity contribution in [2.75, 3.05) is 13.2 Å². The van der Waals surface area contributed by atoms with Gasteiger partial charge in [-0.2, -0.15) is 0 Å². The summed E-state index contributed by atoms with van der Waals surface area (Å²) >= 11 is 8.35. The smallest absolute Gasteiger partial charge is 0.220 e. The van der Waals surface area contributed by atoms with Crippen molar-refractivity contribution in [2.24, 2.45) is 0 Å². The van der Waals surface area contributed by atoms with E-state index in [-0.39, 0.29) is 11.5 Å². The van der Waals surface area contributed by atoms with Gasteiger partial charge in [-0.05, 0) is 89.8 Å². The van der Waals surface area contributed by atoms with E-state index in [0.717, 1.165) is 26.9 Å². The quantitative estimate of drug-likeness (QED) is 0.0934. The fourth-order valence-electron chi connectivity index (χ4n) is 3.87. The van der Waals surface area contributed by atoms with Gasteiger partial charge < -0.3 is 9.47 Å².